The summed E-state index contributed by atoms with van der Waals surface area (Å²) < 4.78 is 13.2. The van der Waals surface area contributed by atoms with Crippen LogP contribution in [-0.4, -0.2) is 12.3 Å². The molecule has 1 nitrogen and oxygen atoms in total. The van der Waals surface area contributed by atoms with Gasteiger partial charge in [0.2, 0.25) is 0 Å². The van der Waals surface area contributed by atoms with E-state index in [2.05, 4.69) is 5.32 Å². The van der Waals surface area contributed by atoms with E-state index in [1.54, 1.807) is 12.1 Å². The average Bonchev–Trinajstić information content (AvgIpc) is 2.34. The van der Waals surface area contributed by atoms with Crippen molar-refractivity contribution in [2.75, 3.05) is 7.05 Å². The van der Waals surface area contributed by atoms with E-state index < -0.39 is 0 Å². The Morgan fingerprint density at radius 3 is 2.76 bits per heavy atom. The Balaban J connectivity index is 2.07. The van der Waals surface area contributed by atoms with Crippen LogP contribution in [0.3, 0.4) is 0 Å². The van der Waals surface area contributed by atoms with Gasteiger partial charge in [0.25, 0.3) is 0 Å². The Hall–Kier alpha value is -0.540. The van der Waals surface area contributed by atoms with Crippen LogP contribution in [0.2, 0.25) is 0 Å². The maximum atomic E-state index is 13.2. The zero-order valence-corrected chi connectivity index (χ0v) is 11.2. The summed E-state index contributed by atoms with van der Waals surface area (Å²) in [7, 11) is 1.90. The van der Waals surface area contributed by atoms with Crippen LogP contribution in [0, 0.1) is 5.82 Å². The minimum absolute atomic E-state index is 0.136. The van der Waals surface area contributed by atoms with E-state index in [0.29, 0.717) is 0 Å². The third kappa shape index (κ3) is 3.71. The van der Waals surface area contributed by atoms with Crippen LogP contribution in [0.5, 0.6) is 0 Å². The van der Waals surface area contributed by atoms with Gasteiger partial charge in [-0.15, -0.1) is 11.8 Å². The van der Waals surface area contributed by atoms with Gasteiger partial charge in [-0.25, -0.2) is 4.39 Å². The lowest BCUT2D eigenvalue weighted by atomic mass is 10.0. The molecule has 0 atom stereocenters. The van der Waals surface area contributed by atoms with Crippen molar-refractivity contribution >= 4 is 11.8 Å². The summed E-state index contributed by atoms with van der Waals surface area (Å²) in [5.74, 6) is -0.136. The molecule has 17 heavy (non-hydrogen) atoms. The number of benzene rings is 1. The molecular formula is C14H20FNS. The van der Waals surface area contributed by atoms with Crippen LogP contribution >= 0.6 is 11.8 Å². The third-order valence-electron chi connectivity index (χ3n) is 3.24. The summed E-state index contributed by atoms with van der Waals surface area (Å²) in [6, 6.07) is 5.16. The zero-order chi connectivity index (χ0) is 12.1. The largest absolute Gasteiger partial charge is 0.316 e. The molecule has 0 aromatic heterocycles. The molecule has 0 unspecified atom stereocenters. The lowest BCUT2D eigenvalue weighted by Crippen LogP contribution is -2.10. The van der Waals surface area contributed by atoms with Gasteiger partial charge in [0.05, 0.1) is 0 Å². The van der Waals surface area contributed by atoms with Crippen molar-refractivity contribution < 1.29 is 4.39 Å². The lowest BCUT2D eigenvalue weighted by Gasteiger charge is -2.22. The summed E-state index contributed by atoms with van der Waals surface area (Å²) >= 11 is 1.93. The van der Waals surface area contributed by atoms with Crippen LogP contribution in [-0.2, 0) is 6.54 Å². The SMILES string of the molecule is CNCc1cc(F)ccc1SC1CCCCC1. The molecule has 2 rings (SSSR count). The first-order valence-electron chi connectivity index (χ1n) is 6.39. The Morgan fingerprint density at radius 1 is 1.29 bits per heavy atom. The van der Waals surface area contributed by atoms with Crippen LogP contribution in [0.15, 0.2) is 23.1 Å². The number of rotatable bonds is 4. The molecule has 1 N–H and O–H groups in total. The van der Waals surface area contributed by atoms with Crippen LogP contribution in [0.25, 0.3) is 0 Å². The van der Waals surface area contributed by atoms with Gasteiger partial charge in [-0.1, -0.05) is 19.3 Å². The van der Waals surface area contributed by atoms with Gasteiger partial charge in [-0.05, 0) is 43.7 Å². The quantitative estimate of drug-likeness (QED) is 0.871. The number of hydrogen-bond donors (Lipinski definition) is 1. The Labute approximate surface area is 107 Å². The van der Waals surface area contributed by atoms with E-state index in [0.717, 1.165) is 17.4 Å². The van der Waals surface area contributed by atoms with Gasteiger partial charge in [0.1, 0.15) is 5.82 Å². The molecule has 1 aliphatic rings. The van der Waals surface area contributed by atoms with Crippen molar-refractivity contribution in [2.24, 2.45) is 0 Å². The van der Waals surface area contributed by atoms with E-state index in [4.69, 9.17) is 0 Å². The van der Waals surface area contributed by atoms with Gasteiger partial charge in [-0.2, -0.15) is 0 Å². The summed E-state index contributed by atoms with van der Waals surface area (Å²) in [6.07, 6.45) is 6.69. The molecule has 3 heteroatoms. The fourth-order valence-electron chi connectivity index (χ4n) is 2.35. The third-order valence-corrected chi connectivity index (χ3v) is 4.69. The first-order chi connectivity index (χ1) is 8.29. The standard InChI is InChI=1S/C14H20FNS/c1-16-10-11-9-12(15)7-8-14(11)17-13-5-3-2-4-6-13/h7-9,13,16H,2-6,10H2,1H3. The predicted molar refractivity (Wildman–Crippen MR) is 71.9 cm³/mol. The van der Waals surface area contributed by atoms with Crippen molar-refractivity contribution in [1.82, 2.24) is 5.32 Å². The molecule has 1 aliphatic carbocycles. The number of halogens is 1. The smallest absolute Gasteiger partial charge is 0.123 e. The molecule has 1 fully saturated rings. The van der Waals surface area contributed by atoms with Gasteiger partial charge in [-0.3, -0.25) is 0 Å². The fraction of sp³-hybridized carbons (Fsp3) is 0.571. The average molecular weight is 253 g/mol. The normalized spacial score (nSPS) is 17.3. The zero-order valence-electron chi connectivity index (χ0n) is 10.3. The molecule has 0 radical (unpaired) electrons. The second kappa shape index (κ2) is 6.41. The van der Waals surface area contributed by atoms with Crippen LogP contribution < -0.4 is 5.32 Å². The Kier molecular flexibility index (Phi) is 4.86. The summed E-state index contributed by atoms with van der Waals surface area (Å²) in [6.45, 7) is 0.743. The molecule has 1 aromatic rings. The molecule has 1 saturated carbocycles. The molecule has 1 aromatic carbocycles. The molecule has 0 aliphatic heterocycles. The Morgan fingerprint density at radius 2 is 2.06 bits per heavy atom. The molecule has 0 amide bonds. The summed E-state index contributed by atoms with van der Waals surface area (Å²) in [4.78, 5) is 1.24. The highest BCUT2D eigenvalue weighted by molar-refractivity contribution is 8.00. The fourth-order valence-corrected chi connectivity index (χ4v) is 3.71. The monoisotopic (exact) mass is 253 g/mol. The first kappa shape index (κ1) is 12.9. The second-order valence-electron chi connectivity index (χ2n) is 4.66. The van der Waals surface area contributed by atoms with Crippen molar-refractivity contribution in [3.8, 4) is 0 Å². The van der Waals surface area contributed by atoms with E-state index >= 15 is 0 Å². The Bertz CT molecular complexity index is 361. The van der Waals surface area contributed by atoms with E-state index in [-0.39, 0.29) is 5.82 Å². The van der Waals surface area contributed by atoms with Crippen LogP contribution in [0.4, 0.5) is 4.39 Å². The van der Waals surface area contributed by atoms with E-state index in [1.165, 1.54) is 37.0 Å². The molecular weight excluding hydrogens is 233 g/mol. The topological polar surface area (TPSA) is 12.0 Å². The van der Waals surface area contributed by atoms with E-state index in [1.807, 2.05) is 24.9 Å². The second-order valence-corrected chi connectivity index (χ2v) is 6.00. The predicted octanol–water partition coefficient (Wildman–Crippen LogP) is 3.97. The van der Waals surface area contributed by atoms with Gasteiger partial charge < -0.3 is 5.32 Å². The van der Waals surface area contributed by atoms with Gasteiger partial charge >= 0.3 is 0 Å². The summed E-state index contributed by atoms with van der Waals surface area (Å²) in [5.41, 5.74) is 1.09. The van der Waals surface area contributed by atoms with Crippen molar-refractivity contribution in [2.45, 2.75) is 48.8 Å². The highest BCUT2D eigenvalue weighted by Gasteiger charge is 2.16. The van der Waals surface area contributed by atoms with Crippen molar-refractivity contribution in [3.63, 3.8) is 0 Å². The maximum Gasteiger partial charge on any atom is 0.123 e. The molecule has 0 saturated heterocycles. The molecule has 94 valence electrons. The van der Waals surface area contributed by atoms with Crippen molar-refractivity contribution in [1.29, 1.82) is 0 Å². The molecule has 0 bridgehead atoms. The van der Waals surface area contributed by atoms with Gasteiger partial charge in [0.15, 0.2) is 0 Å². The molecule has 0 spiro atoms. The highest BCUT2D eigenvalue weighted by atomic mass is 32.2. The lowest BCUT2D eigenvalue weighted by molar-refractivity contribution is 0.516. The maximum absolute atomic E-state index is 13.2. The number of thioether (sulfide) groups is 1. The summed E-state index contributed by atoms with van der Waals surface area (Å²) in [5, 5.41) is 3.84. The minimum Gasteiger partial charge on any atom is -0.316 e. The van der Waals surface area contributed by atoms with Gasteiger partial charge in [0, 0.05) is 16.7 Å². The van der Waals surface area contributed by atoms with Crippen molar-refractivity contribution in [3.05, 3.63) is 29.6 Å². The highest BCUT2D eigenvalue weighted by Crippen LogP contribution is 2.35. The first-order valence-corrected chi connectivity index (χ1v) is 7.27. The molecule has 0 heterocycles. The minimum atomic E-state index is -0.136. The van der Waals surface area contributed by atoms with E-state index in [9.17, 15) is 4.39 Å². The number of hydrogen-bond acceptors (Lipinski definition) is 2. The number of nitrogens with one attached hydrogen (secondary N) is 1. The van der Waals surface area contributed by atoms with Crippen LogP contribution in [0.1, 0.15) is 37.7 Å².